The summed E-state index contributed by atoms with van der Waals surface area (Å²) in [5.74, 6) is 0.512. The van der Waals surface area contributed by atoms with Crippen molar-refractivity contribution in [1.82, 2.24) is 0 Å². The predicted octanol–water partition coefficient (Wildman–Crippen LogP) is 3.83. The zero-order chi connectivity index (χ0) is 11.4. The van der Waals surface area contributed by atoms with Gasteiger partial charge in [0.05, 0.1) is 5.92 Å². The number of esters is 1. The fraction of sp³-hybridized carbons (Fsp3) is 0.462. The van der Waals surface area contributed by atoms with E-state index in [1.54, 1.807) is 24.3 Å². The number of carbonyl (C=O) groups is 1. The summed E-state index contributed by atoms with van der Waals surface area (Å²) < 4.78 is 5.31. The Morgan fingerprint density at radius 1 is 1.25 bits per heavy atom. The Labute approximate surface area is 101 Å². The van der Waals surface area contributed by atoms with Crippen LogP contribution in [0, 0.1) is 5.92 Å². The third-order valence-corrected chi connectivity index (χ3v) is 3.19. The Balaban J connectivity index is 1.96. The fourth-order valence-electron chi connectivity index (χ4n) is 2.07. The van der Waals surface area contributed by atoms with E-state index in [0.29, 0.717) is 10.8 Å². The molecule has 3 heteroatoms. The first-order valence-corrected chi connectivity index (χ1v) is 6.11. The van der Waals surface area contributed by atoms with E-state index in [0.717, 1.165) is 25.7 Å². The molecule has 0 heterocycles. The van der Waals surface area contributed by atoms with E-state index in [1.807, 2.05) is 0 Å². The van der Waals surface area contributed by atoms with Gasteiger partial charge in [0, 0.05) is 5.02 Å². The first-order valence-electron chi connectivity index (χ1n) is 5.73. The molecule has 0 aromatic heterocycles. The Morgan fingerprint density at radius 2 is 2.00 bits per heavy atom. The molecule has 0 aliphatic heterocycles. The summed E-state index contributed by atoms with van der Waals surface area (Å²) >= 11 is 5.82. The third-order valence-electron chi connectivity index (χ3n) is 2.95. The van der Waals surface area contributed by atoms with Crippen LogP contribution in [0.15, 0.2) is 24.3 Å². The SMILES string of the molecule is O=C(Oc1cccc(Cl)c1)C1CCCCC1. The maximum atomic E-state index is 11.8. The van der Waals surface area contributed by atoms with Gasteiger partial charge in [0.2, 0.25) is 0 Å². The zero-order valence-electron chi connectivity index (χ0n) is 9.12. The number of carbonyl (C=O) groups excluding carboxylic acids is 1. The van der Waals surface area contributed by atoms with Crippen LogP contribution in [-0.4, -0.2) is 5.97 Å². The molecule has 16 heavy (non-hydrogen) atoms. The number of rotatable bonds is 2. The molecule has 0 saturated heterocycles. The summed E-state index contributed by atoms with van der Waals surface area (Å²) in [6, 6.07) is 6.97. The summed E-state index contributed by atoms with van der Waals surface area (Å²) in [4.78, 5) is 11.8. The van der Waals surface area contributed by atoms with Crippen molar-refractivity contribution in [2.45, 2.75) is 32.1 Å². The predicted molar refractivity (Wildman–Crippen MR) is 63.7 cm³/mol. The van der Waals surface area contributed by atoms with Crippen LogP contribution in [0.25, 0.3) is 0 Å². The molecule has 0 spiro atoms. The highest BCUT2D eigenvalue weighted by molar-refractivity contribution is 6.30. The lowest BCUT2D eigenvalue weighted by atomic mass is 9.89. The quantitative estimate of drug-likeness (QED) is 0.578. The summed E-state index contributed by atoms with van der Waals surface area (Å²) in [6.07, 6.45) is 5.42. The van der Waals surface area contributed by atoms with Gasteiger partial charge in [0.15, 0.2) is 0 Å². The van der Waals surface area contributed by atoms with Gasteiger partial charge in [-0.05, 0) is 31.0 Å². The highest BCUT2D eigenvalue weighted by atomic mass is 35.5. The summed E-state index contributed by atoms with van der Waals surface area (Å²) in [5, 5.41) is 0.592. The van der Waals surface area contributed by atoms with E-state index in [2.05, 4.69) is 0 Å². The van der Waals surface area contributed by atoms with Gasteiger partial charge in [-0.15, -0.1) is 0 Å². The van der Waals surface area contributed by atoms with Gasteiger partial charge in [-0.2, -0.15) is 0 Å². The first-order chi connectivity index (χ1) is 7.75. The molecule has 0 atom stereocenters. The van der Waals surface area contributed by atoms with Gasteiger partial charge in [-0.3, -0.25) is 4.79 Å². The lowest BCUT2D eigenvalue weighted by Gasteiger charge is -2.19. The molecule has 0 amide bonds. The Morgan fingerprint density at radius 3 is 2.69 bits per heavy atom. The zero-order valence-corrected chi connectivity index (χ0v) is 9.87. The Bertz CT molecular complexity index is 370. The monoisotopic (exact) mass is 238 g/mol. The van der Waals surface area contributed by atoms with Gasteiger partial charge < -0.3 is 4.74 Å². The van der Waals surface area contributed by atoms with Crippen molar-refractivity contribution in [2.24, 2.45) is 5.92 Å². The average Bonchev–Trinajstić information content (AvgIpc) is 2.30. The van der Waals surface area contributed by atoms with E-state index in [9.17, 15) is 4.79 Å². The molecule has 2 nitrogen and oxygen atoms in total. The van der Waals surface area contributed by atoms with Crippen LogP contribution in [0.1, 0.15) is 32.1 Å². The first kappa shape index (κ1) is 11.5. The second kappa shape index (κ2) is 5.35. The normalized spacial score (nSPS) is 17.1. The van der Waals surface area contributed by atoms with E-state index in [4.69, 9.17) is 16.3 Å². The molecule has 0 unspecified atom stereocenters. The minimum absolute atomic E-state index is 0.0766. The molecule has 86 valence electrons. The molecule has 0 N–H and O–H groups in total. The smallest absolute Gasteiger partial charge is 0.314 e. The lowest BCUT2D eigenvalue weighted by molar-refractivity contribution is -0.139. The van der Waals surface area contributed by atoms with Crippen molar-refractivity contribution < 1.29 is 9.53 Å². The standard InChI is InChI=1S/C13H15ClO2/c14-11-7-4-8-12(9-11)16-13(15)10-5-2-1-3-6-10/h4,7-10H,1-3,5-6H2. The number of benzene rings is 1. The second-order valence-electron chi connectivity index (χ2n) is 4.21. The molecule has 1 aromatic carbocycles. The van der Waals surface area contributed by atoms with Crippen molar-refractivity contribution in [3.8, 4) is 5.75 Å². The molecule has 1 aliphatic carbocycles. The molecule has 0 bridgehead atoms. The van der Waals surface area contributed by atoms with Crippen LogP contribution in [-0.2, 0) is 4.79 Å². The van der Waals surface area contributed by atoms with Crippen molar-refractivity contribution in [3.63, 3.8) is 0 Å². The van der Waals surface area contributed by atoms with Crippen LogP contribution >= 0.6 is 11.6 Å². The van der Waals surface area contributed by atoms with E-state index < -0.39 is 0 Å². The molecular weight excluding hydrogens is 224 g/mol. The molecule has 1 aromatic rings. The molecule has 1 saturated carbocycles. The lowest BCUT2D eigenvalue weighted by Crippen LogP contribution is -2.22. The number of halogens is 1. The number of ether oxygens (including phenoxy) is 1. The molecular formula is C13H15ClO2. The van der Waals surface area contributed by atoms with Crippen LogP contribution in [0.4, 0.5) is 0 Å². The maximum absolute atomic E-state index is 11.8. The Kier molecular flexibility index (Phi) is 3.83. The van der Waals surface area contributed by atoms with Crippen LogP contribution in [0.3, 0.4) is 0 Å². The average molecular weight is 239 g/mol. The third kappa shape index (κ3) is 2.99. The fourth-order valence-corrected chi connectivity index (χ4v) is 2.25. The number of hydrogen-bond acceptors (Lipinski definition) is 2. The highest BCUT2D eigenvalue weighted by Crippen LogP contribution is 2.26. The van der Waals surface area contributed by atoms with E-state index >= 15 is 0 Å². The maximum Gasteiger partial charge on any atom is 0.314 e. The van der Waals surface area contributed by atoms with E-state index in [-0.39, 0.29) is 11.9 Å². The van der Waals surface area contributed by atoms with Crippen LogP contribution in [0.2, 0.25) is 5.02 Å². The molecule has 1 aliphatic rings. The number of hydrogen-bond donors (Lipinski definition) is 0. The molecule has 0 radical (unpaired) electrons. The molecule has 2 rings (SSSR count). The highest BCUT2D eigenvalue weighted by Gasteiger charge is 2.22. The topological polar surface area (TPSA) is 26.3 Å². The second-order valence-corrected chi connectivity index (χ2v) is 4.65. The van der Waals surface area contributed by atoms with Gasteiger partial charge >= 0.3 is 5.97 Å². The van der Waals surface area contributed by atoms with Crippen molar-refractivity contribution in [3.05, 3.63) is 29.3 Å². The van der Waals surface area contributed by atoms with Gasteiger partial charge in [0.1, 0.15) is 5.75 Å². The van der Waals surface area contributed by atoms with Gasteiger partial charge in [-0.25, -0.2) is 0 Å². The summed E-state index contributed by atoms with van der Waals surface area (Å²) in [5.41, 5.74) is 0. The summed E-state index contributed by atoms with van der Waals surface area (Å²) in [7, 11) is 0. The molecule has 1 fully saturated rings. The van der Waals surface area contributed by atoms with Crippen molar-refractivity contribution >= 4 is 17.6 Å². The van der Waals surface area contributed by atoms with Gasteiger partial charge in [-0.1, -0.05) is 36.9 Å². The van der Waals surface area contributed by atoms with Crippen molar-refractivity contribution in [2.75, 3.05) is 0 Å². The van der Waals surface area contributed by atoms with Crippen LogP contribution in [0.5, 0.6) is 5.75 Å². The summed E-state index contributed by atoms with van der Waals surface area (Å²) in [6.45, 7) is 0. The van der Waals surface area contributed by atoms with Crippen molar-refractivity contribution in [1.29, 1.82) is 0 Å². The minimum atomic E-state index is -0.109. The van der Waals surface area contributed by atoms with Gasteiger partial charge in [0.25, 0.3) is 0 Å². The Hall–Kier alpha value is -1.02. The minimum Gasteiger partial charge on any atom is -0.426 e. The largest absolute Gasteiger partial charge is 0.426 e. The van der Waals surface area contributed by atoms with Crippen LogP contribution < -0.4 is 4.74 Å². The van der Waals surface area contributed by atoms with E-state index in [1.165, 1.54) is 6.42 Å².